The molecular formula is C17H24O11. The molecule has 0 rings (SSSR count). The van der Waals surface area contributed by atoms with Gasteiger partial charge in [-0.05, 0) is 6.92 Å². The molecule has 158 valence electrons. The van der Waals surface area contributed by atoms with Gasteiger partial charge >= 0.3 is 17.9 Å². The highest BCUT2D eigenvalue weighted by Gasteiger charge is 2.41. The molecule has 0 spiro atoms. The molecule has 0 radical (unpaired) electrons. The summed E-state index contributed by atoms with van der Waals surface area (Å²) in [5.41, 5.74) is 0. The van der Waals surface area contributed by atoms with Gasteiger partial charge in [0.2, 0.25) is 0 Å². The second-order valence-corrected chi connectivity index (χ2v) is 5.76. The molecule has 11 heteroatoms. The minimum absolute atomic E-state index is 0.0867. The molecule has 4 unspecified atom stereocenters. The monoisotopic (exact) mass is 404 g/mol. The highest BCUT2D eigenvalue weighted by molar-refractivity contribution is 5.85. The number of hydrogen-bond donors (Lipinski definition) is 0. The Hall–Kier alpha value is -2.98. The molecule has 0 aliphatic rings. The zero-order valence-electron chi connectivity index (χ0n) is 16.1. The average molecular weight is 404 g/mol. The van der Waals surface area contributed by atoms with E-state index in [1.807, 2.05) is 0 Å². The smallest absolute Gasteiger partial charge is 0.303 e. The average Bonchev–Trinajstić information content (AvgIpc) is 2.59. The maximum absolute atomic E-state index is 12.5. The molecule has 0 heterocycles. The first-order valence-corrected chi connectivity index (χ1v) is 8.25. The molecule has 0 aromatic heterocycles. The van der Waals surface area contributed by atoms with E-state index in [0.29, 0.717) is 0 Å². The van der Waals surface area contributed by atoms with E-state index in [4.69, 9.17) is 14.2 Å². The van der Waals surface area contributed by atoms with Crippen LogP contribution >= 0.6 is 0 Å². The Morgan fingerprint density at radius 1 is 0.821 bits per heavy atom. The van der Waals surface area contributed by atoms with Gasteiger partial charge < -0.3 is 23.7 Å². The lowest BCUT2D eigenvalue weighted by molar-refractivity contribution is -0.171. The van der Waals surface area contributed by atoms with Gasteiger partial charge in [-0.15, -0.1) is 0 Å². The lowest BCUT2D eigenvalue weighted by Gasteiger charge is -2.34. The van der Waals surface area contributed by atoms with E-state index in [2.05, 4.69) is 9.47 Å². The van der Waals surface area contributed by atoms with E-state index in [-0.39, 0.29) is 19.6 Å². The standard InChI is InChI=1S/C17H24O11/c1-10(27-12(3)21)14(5-24-8-18)17(28-13(4)22)15(6-25-9-19)16(23)7-26-11(2)20/h8-10,14-15,17H,5-7H2,1-4H3. The zero-order chi connectivity index (χ0) is 21.7. The Morgan fingerprint density at radius 3 is 1.82 bits per heavy atom. The fourth-order valence-corrected chi connectivity index (χ4v) is 2.45. The molecule has 11 nitrogen and oxygen atoms in total. The Labute approximate surface area is 161 Å². The van der Waals surface area contributed by atoms with Crippen molar-refractivity contribution in [1.82, 2.24) is 0 Å². The first-order valence-electron chi connectivity index (χ1n) is 8.25. The van der Waals surface area contributed by atoms with E-state index >= 15 is 0 Å². The zero-order valence-corrected chi connectivity index (χ0v) is 16.1. The van der Waals surface area contributed by atoms with Gasteiger partial charge in [0.15, 0.2) is 12.4 Å². The molecule has 0 saturated carbocycles. The van der Waals surface area contributed by atoms with Crippen molar-refractivity contribution in [2.45, 2.75) is 39.9 Å². The Bertz CT molecular complexity index is 571. The number of ketones is 1. The number of carbonyl (C=O) groups excluding carboxylic acids is 6. The fourth-order valence-electron chi connectivity index (χ4n) is 2.45. The van der Waals surface area contributed by atoms with Crippen molar-refractivity contribution in [2.75, 3.05) is 19.8 Å². The molecule has 0 aromatic rings. The predicted molar refractivity (Wildman–Crippen MR) is 89.4 cm³/mol. The molecule has 0 aliphatic heterocycles. The van der Waals surface area contributed by atoms with E-state index in [9.17, 15) is 28.8 Å². The number of esters is 3. The van der Waals surface area contributed by atoms with Crippen LogP contribution in [0, 0.1) is 11.8 Å². The largest absolute Gasteiger partial charge is 0.467 e. The summed E-state index contributed by atoms with van der Waals surface area (Å²) in [5.74, 6) is -5.12. The van der Waals surface area contributed by atoms with Crippen LogP contribution < -0.4 is 0 Å². The Morgan fingerprint density at radius 2 is 1.36 bits per heavy atom. The summed E-state index contributed by atoms with van der Waals surface area (Å²) in [5, 5.41) is 0. The van der Waals surface area contributed by atoms with Gasteiger partial charge in [0.05, 0.1) is 11.8 Å². The van der Waals surface area contributed by atoms with Crippen LogP contribution in [-0.2, 0) is 52.5 Å². The van der Waals surface area contributed by atoms with Crippen LogP contribution in [0.1, 0.15) is 27.7 Å². The third-order valence-electron chi connectivity index (χ3n) is 3.61. The fraction of sp³-hybridized carbons (Fsp3) is 0.647. The topological polar surface area (TPSA) is 149 Å². The maximum Gasteiger partial charge on any atom is 0.303 e. The number of ether oxygens (including phenoxy) is 5. The van der Waals surface area contributed by atoms with Gasteiger partial charge in [0.25, 0.3) is 12.9 Å². The summed E-state index contributed by atoms with van der Waals surface area (Å²) in [4.78, 5) is 67.6. The molecular weight excluding hydrogens is 380 g/mol. The van der Waals surface area contributed by atoms with Crippen molar-refractivity contribution in [3.05, 3.63) is 0 Å². The lowest BCUT2D eigenvalue weighted by Crippen LogP contribution is -2.47. The maximum atomic E-state index is 12.5. The molecule has 0 fully saturated rings. The number of hydrogen-bond acceptors (Lipinski definition) is 11. The van der Waals surface area contributed by atoms with Crippen molar-refractivity contribution in [3.63, 3.8) is 0 Å². The molecule has 0 amide bonds. The van der Waals surface area contributed by atoms with Crippen LogP contribution in [0.4, 0.5) is 0 Å². The summed E-state index contributed by atoms with van der Waals surface area (Å²) < 4.78 is 24.3. The van der Waals surface area contributed by atoms with Crippen LogP contribution in [0.25, 0.3) is 0 Å². The van der Waals surface area contributed by atoms with Crippen LogP contribution in [0.2, 0.25) is 0 Å². The van der Waals surface area contributed by atoms with Crippen molar-refractivity contribution < 1.29 is 52.5 Å². The first kappa shape index (κ1) is 25.0. The van der Waals surface area contributed by atoms with Crippen LogP contribution in [0.5, 0.6) is 0 Å². The minimum Gasteiger partial charge on any atom is -0.467 e. The molecule has 0 bridgehead atoms. The van der Waals surface area contributed by atoms with E-state index < -0.39 is 60.9 Å². The highest BCUT2D eigenvalue weighted by atomic mass is 16.6. The second-order valence-electron chi connectivity index (χ2n) is 5.76. The number of carbonyl (C=O) groups is 6. The normalized spacial score (nSPS) is 14.4. The summed E-state index contributed by atoms with van der Waals surface area (Å²) in [6, 6.07) is 0. The van der Waals surface area contributed by atoms with Gasteiger partial charge in [-0.1, -0.05) is 0 Å². The van der Waals surface area contributed by atoms with E-state index in [1.54, 1.807) is 0 Å². The van der Waals surface area contributed by atoms with E-state index in [1.165, 1.54) is 6.92 Å². The minimum atomic E-state index is -1.31. The summed E-state index contributed by atoms with van der Waals surface area (Å²) in [7, 11) is 0. The molecule has 0 aromatic carbocycles. The van der Waals surface area contributed by atoms with Crippen molar-refractivity contribution in [1.29, 1.82) is 0 Å². The Balaban J connectivity index is 5.87. The van der Waals surface area contributed by atoms with Crippen LogP contribution in [-0.4, -0.2) is 68.7 Å². The third kappa shape index (κ3) is 9.64. The molecule has 28 heavy (non-hydrogen) atoms. The van der Waals surface area contributed by atoms with Gasteiger partial charge in [-0.3, -0.25) is 28.8 Å². The third-order valence-corrected chi connectivity index (χ3v) is 3.61. The first-order chi connectivity index (χ1) is 13.1. The summed E-state index contributed by atoms with van der Waals surface area (Å²) in [6.45, 7) is 3.45. The van der Waals surface area contributed by atoms with Gasteiger partial charge in [-0.25, -0.2) is 0 Å². The molecule has 4 atom stereocenters. The van der Waals surface area contributed by atoms with Crippen molar-refractivity contribution >= 4 is 36.6 Å². The SMILES string of the molecule is CC(=O)OCC(=O)C(COC=O)C(OC(C)=O)C(COC=O)C(C)OC(C)=O. The van der Waals surface area contributed by atoms with E-state index in [0.717, 1.165) is 20.8 Å². The summed E-state index contributed by atoms with van der Waals surface area (Å²) >= 11 is 0. The van der Waals surface area contributed by atoms with Crippen LogP contribution in [0.3, 0.4) is 0 Å². The molecule has 0 saturated heterocycles. The Kier molecular flexibility index (Phi) is 11.8. The quantitative estimate of drug-likeness (QED) is 0.211. The van der Waals surface area contributed by atoms with Crippen molar-refractivity contribution in [3.8, 4) is 0 Å². The predicted octanol–water partition coefficient (Wildman–Crippen LogP) is -0.420. The van der Waals surface area contributed by atoms with Gasteiger partial charge in [0, 0.05) is 20.8 Å². The second kappa shape index (κ2) is 13.2. The summed E-state index contributed by atoms with van der Waals surface area (Å²) in [6.07, 6.45) is -2.25. The number of rotatable bonds is 14. The lowest BCUT2D eigenvalue weighted by atomic mass is 9.85. The van der Waals surface area contributed by atoms with Crippen LogP contribution in [0.15, 0.2) is 0 Å². The van der Waals surface area contributed by atoms with Gasteiger partial charge in [0.1, 0.15) is 25.4 Å². The number of Topliss-reactive ketones (excluding diaryl/α,β-unsaturated/α-hetero) is 1. The van der Waals surface area contributed by atoms with Gasteiger partial charge in [-0.2, -0.15) is 0 Å². The molecule has 0 aliphatic carbocycles. The van der Waals surface area contributed by atoms with Crippen molar-refractivity contribution in [2.24, 2.45) is 11.8 Å². The highest BCUT2D eigenvalue weighted by Crippen LogP contribution is 2.25. The molecule has 0 N–H and O–H groups in total.